The summed E-state index contributed by atoms with van der Waals surface area (Å²) >= 11 is 1.36. The lowest BCUT2D eigenvalue weighted by Crippen LogP contribution is -2.31. The number of carbonyl (C=O) groups is 1. The van der Waals surface area contributed by atoms with E-state index >= 15 is 0 Å². The molecule has 1 aromatic rings. The fourth-order valence-electron chi connectivity index (χ4n) is 2.47. The fraction of sp³-hybridized carbons (Fsp3) is 0.615. The third kappa shape index (κ3) is 3.30. The molecule has 0 bridgehead atoms. The van der Waals surface area contributed by atoms with Gasteiger partial charge in [-0.25, -0.2) is 4.79 Å². The van der Waals surface area contributed by atoms with Crippen LogP contribution in [0.5, 0.6) is 0 Å². The number of hydrogen-bond donors (Lipinski definition) is 2. The van der Waals surface area contributed by atoms with Crippen molar-refractivity contribution in [3.05, 3.63) is 21.9 Å². The standard InChI is InChI=1S/C13H19NO2S/c1-9(10-4-2-3-5-10)14-8-11-6-7-12(17-11)13(15)16/h6-7,9-10,14H,2-5,8H2,1H3,(H,15,16)/t9-/m1/s1. The maximum atomic E-state index is 10.8. The highest BCUT2D eigenvalue weighted by Crippen LogP contribution is 2.27. The van der Waals surface area contributed by atoms with E-state index in [1.165, 1.54) is 37.0 Å². The van der Waals surface area contributed by atoms with Crippen LogP contribution in [0.3, 0.4) is 0 Å². The van der Waals surface area contributed by atoms with E-state index < -0.39 is 5.97 Å². The van der Waals surface area contributed by atoms with Gasteiger partial charge in [0.15, 0.2) is 0 Å². The van der Waals surface area contributed by atoms with Crippen LogP contribution in [0.2, 0.25) is 0 Å². The first-order valence-electron chi connectivity index (χ1n) is 6.22. The molecule has 0 amide bonds. The summed E-state index contributed by atoms with van der Waals surface area (Å²) in [7, 11) is 0. The minimum atomic E-state index is -0.829. The van der Waals surface area contributed by atoms with E-state index in [1.54, 1.807) is 6.07 Å². The van der Waals surface area contributed by atoms with Crippen LogP contribution in [0, 0.1) is 5.92 Å². The van der Waals surface area contributed by atoms with Crippen LogP contribution in [-0.2, 0) is 6.54 Å². The number of thiophene rings is 1. The van der Waals surface area contributed by atoms with Gasteiger partial charge in [0.05, 0.1) is 0 Å². The summed E-state index contributed by atoms with van der Waals surface area (Å²) in [5.41, 5.74) is 0. The van der Waals surface area contributed by atoms with E-state index in [2.05, 4.69) is 12.2 Å². The van der Waals surface area contributed by atoms with Crippen molar-refractivity contribution < 1.29 is 9.90 Å². The lowest BCUT2D eigenvalue weighted by atomic mass is 10.00. The minimum absolute atomic E-state index is 0.426. The maximum Gasteiger partial charge on any atom is 0.345 e. The first-order chi connectivity index (χ1) is 8.16. The van der Waals surface area contributed by atoms with Crippen LogP contribution in [0.15, 0.2) is 12.1 Å². The van der Waals surface area contributed by atoms with Gasteiger partial charge in [0, 0.05) is 17.5 Å². The Morgan fingerprint density at radius 1 is 1.53 bits per heavy atom. The maximum absolute atomic E-state index is 10.8. The molecule has 1 fully saturated rings. The number of aromatic carboxylic acids is 1. The smallest absolute Gasteiger partial charge is 0.345 e. The second-order valence-corrected chi connectivity index (χ2v) is 5.95. The highest BCUT2D eigenvalue weighted by atomic mass is 32.1. The van der Waals surface area contributed by atoms with Crippen LogP contribution < -0.4 is 5.32 Å². The zero-order chi connectivity index (χ0) is 12.3. The molecule has 2 N–H and O–H groups in total. The number of rotatable bonds is 5. The first-order valence-corrected chi connectivity index (χ1v) is 7.04. The van der Waals surface area contributed by atoms with Gasteiger partial charge < -0.3 is 10.4 Å². The van der Waals surface area contributed by atoms with Gasteiger partial charge in [0.2, 0.25) is 0 Å². The van der Waals surface area contributed by atoms with Gasteiger partial charge >= 0.3 is 5.97 Å². The van der Waals surface area contributed by atoms with E-state index in [0.717, 1.165) is 17.3 Å². The van der Waals surface area contributed by atoms with E-state index in [-0.39, 0.29) is 0 Å². The van der Waals surface area contributed by atoms with Crippen LogP contribution in [-0.4, -0.2) is 17.1 Å². The van der Waals surface area contributed by atoms with Crippen molar-refractivity contribution in [3.8, 4) is 0 Å². The molecule has 0 radical (unpaired) electrons. The molecule has 1 saturated carbocycles. The highest BCUT2D eigenvalue weighted by Gasteiger charge is 2.21. The summed E-state index contributed by atoms with van der Waals surface area (Å²) in [6.07, 6.45) is 5.38. The molecule has 1 aliphatic carbocycles. The molecule has 1 aliphatic rings. The summed E-state index contributed by atoms with van der Waals surface area (Å²) in [6.45, 7) is 3.03. The monoisotopic (exact) mass is 253 g/mol. The highest BCUT2D eigenvalue weighted by molar-refractivity contribution is 7.13. The van der Waals surface area contributed by atoms with Crippen molar-refractivity contribution in [2.75, 3.05) is 0 Å². The van der Waals surface area contributed by atoms with Gasteiger partial charge in [-0.05, 0) is 37.8 Å². The fourth-order valence-corrected chi connectivity index (χ4v) is 3.27. The quantitative estimate of drug-likeness (QED) is 0.847. The molecular formula is C13H19NO2S. The van der Waals surface area contributed by atoms with Crippen LogP contribution >= 0.6 is 11.3 Å². The van der Waals surface area contributed by atoms with Gasteiger partial charge in [-0.2, -0.15) is 0 Å². The lowest BCUT2D eigenvalue weighted by molar-refractivity contribution is 0.0702. The summed E-state index contributed by atoms with van der Waals surface area (Å²) in [5.74, 6) is -0.0287. The van der Waals surface area contributed by atoms with Gasteiger partial charge in [-0.3, -0.25) is 0 Å². The summed E-state index contributed by atoms with van der Waals surface area (Å²) < 4.78 is 0. The molecular weight excluding hydrogens is 234 g/mol. The van der Waals surface area contributed by atoms with E-state index in [9.17, 15) is 4.79 Å². The van der Waals surface area contributed by atoms with Crippen LogP contribution in [0.1, 0.15) is 47.2 Å². The predicted molar refractivity (Wildman–Crippen MR) is 69.5 cm³/mol. The molecule has 0 saturated heterocycles. The summed E-state index contributed by atoms with van der Waals surface area (Å²) in [5, 5.41) is 12.3. The van der Waals surface area contributed by atoms with E-state index in [0.29, 0.717) is 10.9 Å². The Labute approximate surface area is 106 Å². The third-order valence-electron chi connectivity index (χ3n) is 3.58. The lowest BCUT2D eigenvalue weighted by Gasteiger charge is -2.19. The Bertz CT molecular complexity index is 383. The Kier molecular flexibility index (Phi) is 4.18. The largest absolute Gasteiger partial charge is 0.477 e. The molecule has 0 unspecified atom stereocenters. The molecule has 1 atom stereocenters. The molecule has 4 heteroatoms. The molecule has 17 heavy (non-hydrogen) atoms. The minimum Gasteiger partial charge on any atom is -0.477 e. The molecule has 3 nitrogen and oxygen atoms in total. The average molecular weight is 253 g/mol. The van der Waals surface area contributed by atoms with Crippen molar-refractivity contribution in [3.63, 3.8) is 0 Å². The molecule has 94 valence electrons. The van der Waals surface area contributed by atoms with Crippen molar-refractivity contribution in [1.82, 2.24) is 5.32 Å². The Morgan fingerprint density at radius 2 is 2.24 bits per heavy atom. The molecule has 0 aromatic carbocycles. The van der Waals surface area contributed by atoms with Gasteiger partial charge in [-0.15, -0.1) is 11.3 Å². The number of hydrogen-bond acceptors (Lipinski definition) is 3. The second kappa shape index (κ2) is 5.65. The Hall–Kier alpha value is -0.870. The molecule has 2 rings (SSSR count). The van der Waals surface area contributed by atoms with Crippen LogP contribution in [0.4, 0.5) is 0 Å². The molecule has 0 aliphatic heterocycles. The SMILES string of the molecule is C[C@@H](NCc1ccc(C(=O)O)s1)C1CCCC1. The van der Waals surface area contributed by atoms with Crippen molar-refractivity contribution in [1.29, 1.82) is 0 Å². The number of nitrogens with one attached hydrogen (secondary N) is 1. The number of carboxylic acids is 1. The average Bonchev–Trinajstić information content (AvgIpc) is 2.97. The van der Waals surface area contributed by atoms with E-state index in [1.807, 2.05) is 6.07 Å². The molecule has 1 aromatic heterocycles. The van der Waals surface area contributed by atoms with Crippen molar-refractivity contribution in [2.24, 2.45) is 5.92 Å². The molecule has 0 spiro atoms. The summed E-state index contributed by atoms with van der Waals surface area (Å²) in [4.78, 5) is 12.3. The first kappa shape index (κ1) is 12.6. The van der Waals surface area contributed by atoms with Gasteiger partial charge in [0.1, 0.15) is 4.88 Å². The van der Waals surface area contributed by atoms with Crippen LogP contribution in [0.25, 0.3) is 0 Å². The van der Waals surface area contributed by atoms with E-state index in [4.69, 9.17) is 5.11 Å². The summed E-state index contributed by atoms with van der Waals surface area (Å²) in [6, 6.07) is 4.13. The third-order valence-corrected chi connectivity index (χ3v) is 4.65. The Morgan fingerprint density at radius 3 is 2.82 bits per heavy atom. The number of carboxylic acid groups (broad SMARTS) is 1. The van der Waals surface area contributed by atoms with Crippen molar-refractivity contribution >= 4 is 17.3 Å². The van der Waals surface area contributed by atoms with Gasteiger partial charge in [-0.1, -0.05) is 12.8 Å². The normalized spacial score (nSPS) is 18.4. The topological polar surface area (TPSA) is 49.3 Å². The van der Waals surface area contributed by atoms with Gasteiger partial charge in [0.25, 0.3) is 0 Å². The zero-order valence-electron chi connectivity index (χ0n) is 10.1. The van der Waals surface area contributed by atoms with Crippen molar-refractivity contribution in [2.45, 2.75) is 45.2 Å². The predicted octanol–water partition coefficient (Wildman–Crippen LogP) is 3.11. The molecule has 1 heterocycles. The second-order valence-electron chi connectivity index (χ2n) is 4.79. The Balaban J connectivity index is 1.82. The zero-order valence-corrected chi connectivity index (χ0v) is 10.9.